The molecule has 0 spiro atoms. The molecule has 34 heavy (non-hydrogen) atoms. The zero-order valence-corrected chi connectivity index (χ0v) is 20.2. The monoisotopic (exact) mass is 492 g/mol. The van der Waals surface area contributed by atoms with Crippen LogP contribution in [0.2, 0.25) is 0 Å². The number of carbonyl (C=O) groups is 2. The molecule has 0 saturated carbocycles. The van der Waals surface area contributed by atoms with E-state index in [0.717, 1.165) is 12.1 Å². The summed E-state index contributed by atoms with van der Waals surface area (Å²) in [5.74, 6) is -1.46. The predicted molar refractivity (Wildman–Crippen MR) is 123 cm³/mol. The molecule has 2 aromatic rings. The normalized spacial score (nSPS) is 15.2. The van der Waals surface area contributed by atoms with Gasteiger partial charge in [-0.3, -0.25) is 9.59 Å². The second-order valence-corrected chi connectivity index (χ2v) is 10.2. The van der Waals surface area contributed by atoms with Crippen LogP contribution in [-0.2, 0) is 19.6 Å². The molecule has 1 heterocycles. The molecule has 2 aromatic carbocycles. The number of benzene rings is 2. The fraction of sp³-hybridized carbons (Fsp3) is 0.417. The number of esters is 1. The fourth-order valence-corrected chi connectivity index (χ4v) is 5.32. The van der Waals surface area contributed by atoms with Gasteiger partial charge in [-0.1, -0.05) is 12.1 Å². The third-order valence-corrected chi connectivity index (χ3v) is 7.35. The van der Waals surface area contributed by atoms with Crippen LogP contribution in [0, 0.1) is 5.82 Å². The molecular weight excluding hydrogens is 463 g/mol. The molecule has 1 saturated heterocycles. The number of nitrogens with one attached hydrogen (secondary N) is 1. The van der Waals surface area contributed by atoms with Crippen LogP contribution in [0.15, 0.2) is 47.4 Å². The maximum absolute atomic E-state index is 14.5. The zero-order chi connectivity index (χ0) is 24.9. The van der Waals surface area contributed by atoms with Crippen molar-refractivity contribution in [3.05, 3.63) is 59.4 Å². The highest BCUT2D eigenvalue weighted by molar-refractivity contribution is 7.89. The second kappa shape index (κ2) is 11.0. The van der Waals surface area contributed by atoms with Crippen LogP contribution in [0.4, 0.5) is 4.39 Å². The number of rotatable bonds is 9. The number of nitrogens with zero attached hydrogens (tertiary/aromatic N) is 1. The van der Waals surface area contributed by atoms with E-state index in [1.807, 2.05) is 0 Å². The summed E-state index contributed by atoms with van der Waals surface area (Å²) in [5, 5.41) is 2.75. The van der Waals surface area contributed by atoms with Gasteiger partial charge in [0.15, 0.2) is 0 Å². The molecule has 0 aliphatic carbocycles. The third kappa shape index (κ3) is 6.12. The van der Waals surface area contributed by atoms with E-state index in [2.05, 4.69) is 5.32 Å². The van der Waals surface area contributed by atoms with Gasteiger partial charge in [0.2, 0.25) is 10.0 Å². The van der Waals surface area contributed by atoms with Gasteiger partial charge in [-0.25, -0.2) is 12.8 Å². The number of sulfonamides is 1. The number of halogens is 1. The van der Waals surface area contributed by atoms with Gasteiger partial charge in [-0.05, 0) is 62.6 Å². The lowest BCUT2D eigenvalue weighted by atomic mass is 10.0. The number of methoxy groups -OCH3 is 1. The van der Waals surface area contributed by atoms with E-state index in [-0.39, 0.29) is 18.1 Å². The first kappa shape index (κ1) is 25.6. The van der Waals surface area contributed by atoms with Crippen LogP contribution in [-0.4, -0.2) is 50.9 Å². The van der Waals surface area contributed by atoms with Crippen molar-refractivity contribution in [2.24, 2.45) is 0 Å². The highest BCUT2D eigenvalue weighted by atomic mass is 32.2. The average Bonchev–Trinajstić information content (AvgIpc) is 3.34. The molecule has 0 radical (unpaired) electrons. The van der Waals surface area contributed by atoms with Gasteiger partial charge in [-0.15, -0.1) is 0 Å². The summed E-state index contributed by atoms with van der Waals surface area (Å²) < 4.78 is 51.8. The molecule has 0 aromatic heterocycles. The van der Waals surface area contributed by atoms with Crippen LogP contribution in [0.1, 0.15) is 55.1 Å². The molecule has 1 fully saturated rings. The van der Waals surface area contributed by atoms with E-state index in [1.54, 1.807) is 38.1 Å². The minimum atomic E-state index is -4.06. The van der Waals surface area contributed by atoms with Gasteiger partial charge in [0.25, 0.3) is 5.91 Å². The molecule has 1 aliphatic heterocycles. The van der Waals surface area contributed by atoms with Crippen LogP contribution in [0.5, 0.6) is 5.75 Å². The Kier molecular flexibility index (Phi) is 8.27. The van der Waals surface area contributed by atoms with Crippen molar-refractivity contribution < 1.29 is 31.9 Å². The van der Waals surface area contributed by atoms with Crippen molar-refractivity contribution in [2.75, 3.05) is 20.2 Å². The van der Waals surface area contributed by atoms with Crippen LogP contribution >= 0.6 is 0 Å². The summed E-state index contributed by atoms with van der Waals surface area (Å²) in [6, 6.07) is 9.27. The molecule has 0 unspecified atom stereocenters. The van der Waals surface area contributed by atoms with E-state index in [4.69, 9.17) is 9.47 Å². The van der Waals surface area contributed by atoms with Gasteiger partial charge in [-0.2, -0.15) is 4.31 Å². The van der Waals surface area contributed by atoms with Crippen molar-refractivity contribution in [3.63, 3.8) is 0 Å². The summed E-state index contributed by atoms with van der Waals surface area (Å²) >= 11 is 0. The number of amides is 1. The minimum absolute atomic E-state index is 0.0325. The number of hydrogen-bond donors (Lipinski definition) is 1. The summed E-state index contributed by atoms with van der Waals surface area (Å²) in [5.41, 5.74) is 0.594. The summed E-state index contributed by atoms with van der Waals surface area (Å²) in [7, 11) is -2.53. The van der Waals surface area contributed by atoms with E-state index >= 15 is 0 Å². The minimum Gasteiger partial charge on any atom is -0.497 e. The van der Waals surface area contributed by atoms with Crippen molar-refractivity contribution >= 4 is 21.9 Å². The SMILES string of the molecule is COc1ccc([C@H](CC(=O)OC(C)C)NC(=O)c2ccc(F)c(S(=O)(=O)N3CCCC3)c2)cc1. The van der Waals surface area contributed by atoms with Gasteiger partial charge in [0.05, 0.1) is 25.7 Å². The summed E-state index contributed by atoms with van der Waals surface area (Å²) in [6.07, 6.45) is 0.944. The molecular formula is C24H29FN2O6S. The average molecular weight is 493 g/mol. The highest BCUT2D eigenvalue weighted by Gasteiger charge is 2.31. The summed E-state index contributed by atoms with van der Waals surface area (Å²) in [6.45, 7) is 4.07. The Morgan fingerprint density at radius 3 is 2.32 bits per heavy atom. The smallest absolute Gasteiger partial charge is 0.308 e. The van der Waals surface area contributed by atoms with Gasteiger partial charge < -0.3 is 14.8 Å². The molecule has 184 valence electrons. The van der Waals surface area contributed by atoms with E-state index in [0.29, 0.717) is 37.2 Å². The molecule has 1 amide bonds. The van der Waals surface area contributed by atoms with Crippen molar-refractivity contribution in [3.8, 4) is 5.75 Å². The predicted octanol–water partition coefficient (Wildman–Crippen LogP) is 3.43. The highest BCUT2D eigenvalue weighted by Crippen LogP contribution is 2.26. The number of hydrogen-bond acceptors (Lipinski definition) is 6. The number of ether oxygens (including phenoxy) is 2. The fourth-order valence-electron chi connectivity index (χ4n) is 3.72. The quantitative estimate of drug-likeness (QED) is 0.538. The van der Waals surface area contributed by atoms with E-state index in [1.165, 1.54) is 17.5 Å². The second-order valence-electron chi connectivity index (χ2n) is 8.30. The Morgan fingerprint density at radius 1 is 1.09 bits per heavy atom. The molecule has 0 bridgehead atoms. The van der Waals surface area contributed by atoms with Crippen LogP contribution < -0.4 is 10.1 Å². The Morgan fingerprint density at radius 2 is 1.74 bits per heavy atom. The molecule has 8 nitrogen and oxygen atoms in total. The zero-order valence-electron chi connectivity index (χ0n) is 19.4. The van der Waals surface area contributed by atoms with Crippen LogP contribution in [0.3, 0.4) is 0 Å². The lowest BCUT2D eigenvalue weighted by Crippen LogP contribution is -2.32. The first-order valence-electron chi connectivity index (χ1n) is 11.1. The Labute approximate surface area is 199 Å². The lowest BCUT2D eigenvalue weighted by Gasteiger charge is -2.20. The first-order chi connectivity index (χ1) is 16.1. The molecule has 1 aliphatic rings. The van der Waals surface area contributed by atoms with Crippen molar-refractivity contribution in [2.45, 2.75) is 50.2 Å². The van der Waals surface area contributed by atoms with E-state index in [9.17, 15) is 22.4 Å². The van der Waals surface area contributed by atoms with E-state index < -0.39 is 38.7 Å². The van der Waals surface area contributed by atoms with Gasteiger partial charge in [0, 0.05) is 18.7 Å². The van der Waals surface area contributed by atoms with Crippen LogP contribution in [0.25, 0.3) is 0 Å². The molecule has 3 rings (SSSR count). The Balaban J connectivity index is 1.87. The summed E-state index contributed by atoms with van der Waals surface area (Å²) in [4.78, 5) is 24.8. The maximum Gasteiger partial charge on any atom is 0.308 e. The first-order valence-corrected chi connectivity index (χ1v) is 12.5. The standard InChI is InChI=1S/C24H29FN2O6S/c1-16(2)33-23(28)15-21(17-6-9-19(32-3)10-7-17)26-24(29)18-8-11-20(25)22(14-18)34(30,31)27-12-4-5-13-27/h6-11,14,16,21H,4-5,12-13,15H2,1-3H3,(H,26,29)/t21-/m0/s1. The Hall–Kier alpha value is -2.98. The third-order valence-electron chi connectivity index (χ3n) is 5.44. The molecule has 10 heteroatoms. The topological polar surface area (TPSA) is 102 Å². The Bertz CT molecular complexity index is 1130. The number of carbonyl (C=O) groups excluding carboxylic acids is 2. The lowest BCUT2D eigenvalue weighted by molar-refractivity contribution is -0.147. The molecule has 1 atom stereocenters. The largest absolute Gasteiger partial charge is 0.497 e. The van der Waals surface area contributed by atoms with Crippen molar-refractivity contribution in [1.82, 2.24) is 9.62 Å². The van der Waals surface area contributed by atoms with Gasteiger partial charge in [0.1, 0.15) is 16.5 Å². The van der Waals surface area contributed by atoms with Gasteiger partial charge >= 0.3 is 5.97 Å². The maximum atomic E-state index is 14.5. The molecule has 1 N–H and O–H groups in total. The van der Waals surface area contributed by atoms with Crippen molar-refractivity contribution in [1.29, 1.82) is 0 Å².